The van der Waals surface area contributed by atoms with E-state index in [1.165, 1.54) is 4.70 Å². The van der Waals surface area contributed by atoms with E-state index in [0.29, 0.717) is 13.0 Å². The van der Waals surface area contributed by atoms with E-state index in [-0.39, 0.29) is 17.7 Å². The van der Waals surface area contributed by atoms with Crippen molar-refractivity contribution in [3.05, 3.63) is 59.1 Å². The highest BCUT2D eigenvalue weighted by molar-refractivity contribution is 7.18. The van der Waals surface area contributed by atoms with Crippen LogP contribution in [-0.2, 0) is 22.6 Å². The van der Waals surface area contributed by atoms with Gasteiger partial charge in [-0.2, -0.15) is 0 Å². The molecule has 0 fully saturated rings. The number of nitrogens with one attached hydrogen (secondary N) is 2. The van der Waals surface area contributed by atoms with Crippen LogP contribution in [0.2, 0.25) is 0 Å². The quantitative estimate of drug-likeness (QED) is 0.493. The summed E-state index contributed by atoms with van der Waals surface area (Å²) in [6, 6.07) is 15.7. The number of carbonyl (C=O) groups excluding carboxylic acids is 2. The number of para-hydroxylation sites is 1. The van der Waals surface area contributed by atoms with Gasteiger partial charge in [0.05, 0.1) is 15.2 Å². The summed E-state index contributed by atoms with van der Waals surface area (Å²) in [5.41, 5.74) is 2.84. The minimum atomic E-state index is -0.0522. The second-order valence-corrected chi connectivity index (χ2v) is 8.52. The van der Waals surface area contributed by atoms with E-state index in [1.54, 1.807) is 11.3 Å². The van der Waals surface area contributed by atoms with Crippen molar-refractivity contribution in [3.63, 3.8) is 0 Å². The number of amides is 2. The number of nitrogens with zero attached hydrogens (tertiary/aromatic N) is 1. The zero-order valence-electron chi connectivity index (χ0n) is 16.9. The largest absolute Gasteiger partial charge is 0.352 e. The summed E-state index contributed by atoms with van der Waals surface area (Å²) < 4.78 is 1.22. The number of unbranched alkanes of at least 4 members (excludes halogenated alkanes) is 1. The van der Waals surface area contributed by atoms with E-state index in [4.69, 9.17) is 0 Å². The molecule has 2 aromatic carbocycles. The molecular weight excluding hydrogens is 382 g/mol. The van der Waals surface area contributed by atoms with E-state index in [1.807, 2.05) is 56.3 Å². The van der Waals surface area contributed by atoms with Crippen molar-refractivity contribution >= 4 is 39.1 Å². The maximum atomic E-state index is 12.1. The first-order valence-electron chi connectivity index (χ1n) is 10.0. The normalized spacial score (nSPS) is 11.0. The van der Waals surface area contributed by atoms with Gasteiger partial charge >= 0.3 is 0 Å². The fraction of sp³-hybridized carbons (Fsp3) is 0.348. The second-order valence-electron chi connectivity index (χ2n) is 7.40. The van der Waals surface area contributed by atoms with Crippen molar-refractivity contribution in [1.82, 2.24) is 10.3 Å². The summed E-state index contributed by atoms with van der Waals surface area (Å²) in [6.45, 7) is 4.21. The number of thiazole rings is 1. The third-order valence-electron chi connectivity index (χ3n) is 4.62. The van der Waals surface area contributed by atoms with Gasteiger partial charge in [0, 0.05) is 24.6 Å². The van der Waals surface area contributed by atoms with Crippen LogP contribution in [0.1, 0.15) is 43.7 Å². The minimum absolute atomic E-state index is 0.00287. The highest BCUT2D eigenvalue weighted by Gasteiger charge is 2.07. The molecule has 3 aromatic rings. The lowest BCUT2D eigenvalue weighted by molar-refractivity contribution is -0.121. The summed E-state index contributed by atoms with van der Waals surface area (Å²) in [6.07, 6.45) is 3.24. The average Bonchev–Trinajstić information content (AvgIpc) is 3.13. The van der Waals surface area contributed by atoms with Crippen LogP contribution in [0.15, 0.2) is 48.5 Å². The van der Waals surface area contributed by atoms with Gasteiger partial charge in [0.2, 0.25) is 11.8 Å². The number of hydrogen-bond acceptors (Lipinski definition) is 4. The van der Waals surface area contributed by atoms with Crippen LogP contribution in [0.3, 0.4) is 0 Å². The molecule has 1 aromatic heterocycles. The van der Waals surface area contributed by atoms with Gasteiger partial charge < -0.3 is 10.6 Å². The van der Waals surface area contributed by atoms with E-state index in [0.717, 1.165) is 41.0 Å². The Balaban J connectivity index is 1.35. The Labute approximate surface area is 175 Å². The lowest BCUT2D eigenvalue weighted by atomic mass is 10.1. The van der Waals surface area contributed by atoms with Gasteiger partial charge in [-0.3, -0.25) is 9.59 Å². The predicted octanol–water partition coefficient (Wildman–Crippen LogP) is 4.92. The van der Waals surface area contributed by atoms with Crippen molar-refractivity contribution in [3.8, 4) is 0 Å². The van der Waals surface area contributed by atoms with Crippen LogP contribution < -0.4 is 10.6 Å². The number of rotatable bonds is 9. The van der Waals surface area contributed by atoms with E-state index in [2.05, 4.69) is 21.7 Å². The number of aromatic nitrogens is 1. The van der Waals surface area contributed by atoms with Crippen LogP contribution in [0.5, 0.6) is 0 Å². The molecule has 0 aliphatic rings. The molecule has 0 atom stereocenters. The summed E-state index contributed by atoms with van der Waals surface area (Å²) in [4.78, 5) is 28.4. The fourth-order valence-electron chi connectivity index (χ4n) is 2.87. The fourth-order valence-corrected chi connectivity index (χ4v) is 3.88. The van der Waals surface area contributed by atoms with Crippen LogP contribution in [0.4, 0.5) is 5.69 Å². The van der Waals surface area contributed by atoms with Gasteiger partial charge in [0.1, 0.15) is 0 Å². The van der Waals surface area contributed by atoms with Gasteiger partial charge in [-0.25, -0.2) is 4.98 Å². The maximum absolute atomic E-state index is 12.1. The Morgan fingerprint density at radius 2 is 1.79 bits per heavy atom. The summed E-state index contributed by atoms with van der Waals surface area (Å²) >= 11 is 1.73. The molecular formula is C23H27N3O2S. The van der Waals surface area contributed by atoms with E-state index in [9.17, 15) is 9.59 Å². The van der Waals surface area contributed by atoms with Crippen molar-refractivity contribution in [2.24, 2.45) is 5.92 Å². The highest BCUT2D eigenvalue weighted by atomic mass is 32.1. The SMILES string of the molecule is CC(C)C(=O)Nc1ccc(CNC(=O)CCCCc2nc3ccccc3s2)cc1. The lowest BCUT2D eigenvalue weighted by Crippen LogP contribution is -2.22. The molecule has 152 valence electrons. The first kappa shape index (κ1) is 21.0. The third-order valence-corrected chi connectivity index (χ3v) is 5.71. The topological polar surface area (TPSA) is 71.1 Å². The van der Waals surface area contributed by atoms with Gasteiger partial charge in [-0.1, -0.05) is 38.1 Å². The van der Waals surface area contributed by atoms with Crippen LogP contribution >= 0.6 is 11.3 Å². The van der Waals surface area contributed by atoms with Crippen molar-refractivity contribution < 1.29 is 9.59 Å². The molecule has 0 unspecified atom stereocenters. The van der Waals surface area contributed by atoms with Gasteiger partial charge in [0.25, 0.3) is 0 Å². The van der Waals surface area contributed by atoms with Gasteiger partial charge in [-0.05, 0) is 49.1 Å². The standard InChI is InChI=1S/C23H27N3O2S/c1-16(2)23(28)25-18-13-11-17(12-14-18)15-24-21(27)9-5-6-10-22-26-19-7-3-4-8-20(19)29-22/h3-4,7-8,11-14,16H,5-6,9-10,15H2,1-2H3,(H,24,27)(H,25,28). The minimum Gasteiger partial charge on any atom is -0.352 e. The second kappa shape index (κ2) is 10.2. The molecule has 0 saturated carbocycles. The predicted molar refractivity (Wildman–Crippen MR) is 119 cm³/mol. The van der Waals surface area contributed by atoms with Crippen molar-refractivity contribution in [2.75, 3.05) is 5.32 Å². The molecule has 5 nitrogen and oxygen atoms in total. The van der Waals surface area contributed by atoms with Gasteiger partial charge in [0.15, 0.2) is 0 Å². The molecule has 0 spiro atoms. The van der Waals surface area contributed by atoms with Crippen LogP contribution in [0, 0.1) is 5.92 Å². The van der Waals surface area contributed by atoms with Crippen LogP contribution in [0.25, 0.3) is 10.2 Å². The molecule has 29 heavy (non-hydrogen) atoms. The van der Waals surface area contributed by atoms with Crippen molar-refractivity contribution in [1.29, 1.82) is 0 Å². The van der Waals surface area contributed by atoms with Crippen molar-refractivity contribution in [2.45, 2.75) is 46.1 Å². The third kappa shape index (κ3) is 6.39. The summed E-state index contributed by atoms with van der Waals surface area (Å²) in [7, 11) is 0. The molecule has 6 heteroatoms. The Morgan fingerprint density at radius 3 is 2.52 bits per heavy atom. The summed E-state index contributed by atoms with van der Waals surface area (Å²) in [5.74, 6) is 0.00649. The molecule has 3 rings (SSSR count). The first-order valence-corrected chi connectivity index (χ1v) is 10.8. The smallest absolute Gasteiger partial charge is 0.226 e. The Hall–Kier alpha value is -2.73. The first-order chi connectivity index (χ1) is 14.0. The molecule has 0 bridgehead atoms. The number of aryl methyl sites for hydroxylation is 1. The highest BCUT2D eigenvalue weighted by Crippen LogP contribution is 2.22. The maximum Gasteiger partial charge on any atom is 0.226 e. The Morgan fingerprint density at radius 1 is 1.03 bits per heavy atom. The molecule has 0 radical (unpaired) electrons. The molecule has 1 heterocycles. The number of fused-ring (bicyclic) bond motifs is 1. The molecule has 2 amide bonds. The molecule has 0 aliphatic heterocycles. The zero-order chi connectivity index (χ0) is 20.6. The Kier molecular flexibility index (Phi) is 7.36. The van der Waals surface area contributed by atoms with E-state index < -0.39 is 0 Å². The van der Waals surface area contributed by atoms with Gasteiger partial charge in [-0.15, -0.1) is 11.3 Å². The number of hydrogen-bond donors (Lipinski definition) is 2. The molecule has 0 aliphatic carbocycles. The summed E-state index contributed by atoms with van der Waals surface area (Å²) in [5, 5.41) is 6.95. The zero-order valence-corrected chi connectivity index (χ0v) is 17.7. The van der Waals surface area contributed by atoms with E-state index >= 15 is 0 Å². The number of carbonyl (C=O) groups is 2. The molecule has 0 saturated heterocycles. The average molecular weight is 410 g/mol. The number of anilines is 1. The number of benzene rings is 2. The monoisotopic (exact) mass is 409 g/mol. The Bertz CT molecular complexity index is 931. The molecule has 2 N–H and O–H groups in total. The van der Waals surface area contributed by atoms with Crippen LogP contribution in [-0.4, -0.2) is 16.8 Å². The lowest BCUT2D eigenvalue weighted by Gasteiger charge is -2.09.